The predicted octanol–water partition coefficient (Wildman–Crippen LogP) is 1.72. The predicted molar refractivity (Wildman–Crippen MR) is 44.7 cm³/mol. The minimum Gasteiger partial charge on any atom is -0.245 e. The minimum atomic E-state index is 0.897. The van der Waals surface area contributed by atoms with E-state index in [0.29, 0.717) is 0 Å². The Bertz CT molecular complexity index is 118. The van der Waals surface area contributed by atoms with Crippen LogP contribution in [0.5, 0.6) is 0 Å². The van der Waals surface area contributed by atoms with Gasteiger partial charge in [0.05, 0.1) is 5.71 Å². The van der Waals surface area contributed by atoms with Gasteiger partial charge in [-0.1, -0.05) is 13.5 Å². The van der Waals surface area contributed by atoms with E-state index in [9.17, 15) is 0 Å². The highest BCUT2D eigenvalue weighted by molar-refractivity contribution is 7.77. The van der Waals surface area contributed by atoms with Crippen LogP contribution in [0.25, 0.3) is 0 Å². The molecule has 0 fully saturated rings. The number of thiol groups is 1. The zero-order valence-corrected chi connectivity index (χ0v) is 6.73. The van der Waals surface area contributed by atoms with Crippen LogP contribution in [-0.4, -0.2) is 17.2 Å². The molecule has 0 rings (SSSR count). The normalized spacial score (nSPS) is 11.2. The minimum absolute atomic E-state index is 0.897. The van der Waals surface area contributed by atoms with Crippen LogP contribution < -0.4 is 0 Å². The van der Waals surface area contributed by atoms with Crippen molar-refractivity contribution in [1.82, 2.24) is 4.41 Å². The van der Waals surface area contributed by atoms with Gasteiger partial charge in [0.25, 0.3) is 0 Å². The molecule has 0 aliphatic carbocycles. The van der Waals surface area contributed by atoms with Crippen LogP contribution in [0, 0.1) is 0 Å². The van der Waals surface area contributed by atoms with E-state index in [1.807, 2.05) is 6.92 Å². The van der Waals surface area contributed by atoms with E-state index < -0.39 is 0 Å². The third-order valence-corrected chi connectivity index (χ3v) is 0.960. The fourth-order valence-electron chi connectivity index (χ4n) is 0.442. The number of nitrogens with zero attached hydrogens (tertiary/aromatic N) is 2. The van der Waals surface area contributed by atoms with E-state index >= 15 is 0 Å². The third kappa shape index (κ3) is 4.09. The number of hydrogen-bond donors (Lipinski definition) is 1. The largest absolute Gasteiger partial charge is 0.245 e. The van der Waals surface area contributed by atoms with Crippen molar-refractivity contribution < 1.29 is 0 Å². The van der Waals surface area contributed by atoms with E-state index in [4.69, 9.17) is 0 Å². The first-order valence-electron chi connectivity index (χ1n) is 2.83. The molecule has 0 saturated heterocycles. The summed E-state index contributed by atoms with van der Waals surface area (Å²) in [5, 5.41) is 4.01. The van der Waals surface area contributed by atoms with Gasteiger partial charge in [0, 0.05) is 7.05 Å². The molecular weight excluding hydrogens is 132 g/mol. The van der Waals surface area contributed by atoms with E-state index in [1.54, 1.807) is 13.1 Å². The zero-order valence-electron chi connectivity index (χ0n) is 5.83. The van der Waals surface area contributed by atoms with Gasteiger partial charge in [0.2, 0.25) is 0 Å². The molecule has 0 spiro atoms. The molecule has 0 N–H and O–H groups in total. The maximum Gasteiger partial charge on any atom is 0.0606 e. The molecule has 0 radical (unpaired) electrons. The van der Waals surface area contributed by atoms with Gasteiger partial charge in [-0.25, -0.2) is 4.41 Å². The van der Waals surface area contributed by atoms with Gasteiger partial charge >= 0.3 is 0 Å². The molecule has 0 heterocycles. The van der Waals surface area contributed by atoms with Gasteiger partial charge in [0.15, 0.2) is 0 Å². The highest BCUT2D eigenvalue weighted by atomic mass is 32.1. The second-order valence-electron chi connectivity index (χ2n) is 1.64. The Morgan fingerprint density at radius 2 is 2.44 bits per heavy atom. The van der Waals surface area contributed by atoms with Gasteiger partial charge in [0.1, 0.15) is 0 Å². The molecule has 0 aromatic heterocycles. The van der Waals surface area contributed by atoms with Gasteiger partial charge < -0.3 is 0 Å². The second kappa shape index (κ2) is 4.44. The lowest BCUT2D eigenvalue weighted by molar-refractivity contribution is 0.622. The van der Waals surface area contributed by atoms with Crippen molar-refractivity contribution in [2.45, 2.75) is 13.3 Å². The molecular formula is C6H12N2S. The lowest BCUT2D eigenvalue weighted by Crippen LogP contribution is -2.00. The Hall–Kier alpha value is -0.440. The van der Waals surface area contributed by atoms with Crippen LogP contribution >= 0.6 is 12.8 Å². The van der Waals surface area contributed by atoms with Crippen molar-refractivity contribution >= 4 is 18.5 Å². The van der Waals surface area contributed by atoms with Gasteiger partial charge in [-0.2, -0.15) is 5.10 Å². The van der Waals surface area contributed by atoms with E-state index in [1.165, 1.54) is 4.41 Å². The second-order valence-corrected chi connectivity index (χ2v) is 2.22. The molecule has 9 heavy (non-hydrogen) atoms. The summed E-state index contributed by atoms with van der Waals surface area (Å²) in [6.45, 7) is 5.62. The zero-order chi connectivity index (χ0) is 7.28. The molecule has 0 amide bonds. The topological polar surface area (TPSA) is 15.6 Å². The fourth-order valence-corrected chi connectivity index (χ4v) is 0.557. The van der Waals surface area contributed by atoms with Crippen molar-refractivity contribution in [1.29, 1.82) is 0 Å². The average molecular weight is 144 g/mol. The van der Waals surface area contributed by atoms with Crippen LogP contribution in [0.4, 0.5) is 0 Å². The van der Waals surface area contributed by atoms with Crippen LogP contribution in [-0.2, 0) is 0 Å². The number of hydrogen-bond acceptors (Lipinski definition) is 3. The first kappa shape index (κ1) is 8.56. The molecule has 0 atom stereocenters. The Balaban J connectivity index is 3.90. The van der Waals surface area contributed by atoms with Crippen molar-refractivity contribution in [3.05, 3.63) is 12.7 Å². The monoisotopic (exact) mass is 144 g/mol. The Morgan fingerprint density at radius 3 is 2.56 bits per heavy atom. The fraction of sp³-hybridized carbons (Fsp3) is 0.500. The Labute approximate surface area is 61.8 Å². The SMILES string of the molecule is C=C/C(CC)=N/N(C)S. The molecule has 0 aromatic carbocycles. The summed E-state index contributed by atoms with van der Waals surface area (Å²) in [5.41, 5.74) is 0.951. The molecule has 0 unspecified atom stereocenters. The lowest BCUT2D eigenvalue weighted by Gasteiger charge is -2.03. The van der Waals surface area contributed by atoms with Crippen LogP contribution in [0.1, 0.15) is 13.3 Å². The number of hydrazone groups is 1. The van der Waals surface area contributed by atoms with E-state index in [2.05, 4.69) is 24.5 Å². The molecule has 3 heteroatoms. The van der Waals surface area contributed by atoms with Crippen molar-refractivity contribution in [3.63, 3.8) is 0 Å². The summed E-state index contributed by atoms with van der Waals surface area (Å²) in [6, 6.07) is 0. The average Bonchev–Trinajstić information content (AvgIpc) is 1.82. The van der Waals surface area contributed by atoms with Crippen molar-refractivity contribution in [3.8, 4) is 0 Å². The molecule has 0 aliphatic rings. The summed E-state index contributed by atoms with van der Waals surface area (Å²) in [5.74, 6) is 0. The lowest BCUT2D eigenvalue weighted by atomic mass is 10.3. The quantitative estimate of drug-likeness (QED) is 0.362. The highest BCUT2D eigenvalue weighted by Gasteiger charge is 1.87. The molecule has 0 aromatic rings. The first-order valence-corrected chi connectivity index (χ1v) is 3.23. The molecule has 0 bridgehead atoms. The smallest absolute Gasteiger partial charge is 0.0606 e. The third-order valence-electron chi connectivity index (χ3n) is 0.871. The summed E-state index contributed by atoms with van der Waals surface area (Å²) < 4.78 is 1.47. The Morgan fingerprint density at radius 1 is 1.89 bits per heavy atom. The van der Waals surface area contributed by atoms with Crippen LogP contribution in [0.15, 0.2) is 17.8 Å². The highest BCUT2D eigenvalue weighted by Crippen LogP contribution is 1.92. The summed E-state index contributed by atoms with van der Waals surface area (Å²) in [6.07, 6.45) is 2.63. The molecule has 0 saturated carbocycles. The van der Waals surface area contributed by atoms with E-state index in [-0.39, 0.29) is 0 Å². The molecule has 2 nitrogen and oxygen atoms in total. The van der Waals surface area contributed by atoms with Gasteiger partial charge in [-0.3, -0.25) is 0 Å². The molecule has 0 aliphatic heterocycles. The number of allylic oxidation sites excluding steroid dienone is 1. The van der Waals surface area contributed by atoms with Gasteiger partial charge in [-0.05, 0) is 25.3 Å². The van der Waals surface area contributed by atoms with E-state index in [0.717, 1.165) is 12.1 Å². The summed E-state index contributed by atoms with van der Waals surface area (Å²) in [7, 11) is 1.77. The standard InChI is InChI=1S/C6H12N2S/c1-4-6(5-2)7-8(3)9/h4,9H,1,5H2,2-3H3/b7-6-. The summed E-state index contributed by atoms with van der Waals surface area (Å²) in [4.78, 5) is 0. The van der Waals surface area contributed by atoms with Crippen molar-refractivity contribution in [2.24, 2.45) is 5.10 Å². The Kier molecular flexibility index (Phi) is 4.22. The van der Waals surface area contributed by atoms with Gasteiger partial charge in [-0.15, -0.1) is 0 Å². The molecule has 52 valence electrons. The first-order chi connectivity index (χ1) is 4.20. The number of rotatable bonds is 3. The maximum absolute atomic E-state index is 4.01. The van der Waals surface area contributed by atoms with Crippen LogP contribution in [0.3, 0.4) is 0 Å². The van der Waals surface area contributed by atoms with Crippen molar-refractivity contribution in [2.75, 3.05) is 7.05 Å². The maximum atomic E-state index is 4.01. The van der Waals surface area contributed by atoms with Crippen LogP contribution in [0.2, 0.25) is 0 Å². The summed E-state index contributed by atoms with van der Waals surface area (Å²) >= 11 is 3.94.